The standard InChI is InChI=1S/C24H35N3O2/c28-23(16-19-6-12-25-13-7-19)26-14-8-21(9-15-26)27-17-22(29-18-20-4-5-20)24(27)10-2-1-3-11-24/h6-7,12-13,20-22H,1-5,8-11,14-18H2. The highest BCUT2D eigenvalue weighted by Crippen LogP contribution is 2.48. The van der Waals surface area contributed by atoms with E-state index in [2.05, 4.69) is 14.8 Å². The first-order valence-electron chi connectivity index (χ1n) is 11.8. The number of nitrogens with zero attached hydrogens (tertiary/aromatic N) is 3. The maximum Gasteiger partial charge on any atom is 0.226 e. The van der Waals surface area contributed by atoms with Gasteiger partial charge in [0.05, 0.1) is 12.5 Å². The largest absolute Gasteiger partial charge is 0.375 e. The normalized spacial score (nSPS) is 27.7. The quantitative estimate of drug-likeness (QED) is 0.738. The number of aromatic nitrogens is 1. The second-order valence-electron chi connectivity index (χ2n) is 9.73. The Labute approximate surface area is 174 Å². The van der Waals surface area contributed by atoms with Gasteiger partial charge in [-0.15, -0.1) is 0 Å². The van der Waals surface area contributed by atoms with E-state index in [0.29, 0.717) is 24.1 Å². The Morgan fingerprint density at radius 1 is 1.07 bits per heavy atom. The van der Waals surface area contributed by atoms with Crippen molar-refractivity contribution in [1.29, 1.82) is 0 Å². The number of hydrogen-bond acceptors (Lipinski definition) is 4. The van der Waals surface area contributed by atoms with Crippen LogP contribution in [0.4, 0.5) is 0 Å². The van der Waals surface area contributed by atoms with Crippen LogP contribution >= 0.6 is 0 Å². The fraction of sp³-hybridized carbons (Fsp3) is 0.750. The van der Waals surface area contributed by atoms with Crippen molar-refractivity contribution >= 4 is 5.91 Å². The molecule has 1 aromatic heterocycles. The van der Waals surface area contributed by atoms with Crippen LogP contribution in [0.5, 0.6) is 0 Å². The zero-order valence-corrected chi connectivity index (χ0v) is 17.6. The molecule has 0 aromatic carbocycles. The second kappa shape index (κ2) is 8.35. The van der Waals surface area contributed by atoms with Gasteiger partial charge in [0.1, 0.15) is 0 Å². The Hall–Kier alpha value is -1.46. The monoisotopic (exact) mass is 397 g/mol. The third-order valence-electron chi connectivity index (χ3n) is 7.85. The number of pyridine rings is 1. The van der Waals surface area contributed by atoms with Gasteiger partial charge in [-0.3, -0.25) is 14.7 Å². The van der Waals surface area contributed by atoms with Crippen molar-refractivity contribution in [2.24, 2.45) is 5.92 Å². The van der Waals surface area contributed by atoms with Gasteiger partial charge in [-0.2, -0.15) is 0 Å². The molecule has 5 nitrogen and oxygen atoms in total. The average molecular weight is 398 g/mol. The Morgan fingerprint density at radius 3 is 2.48 bits per heavy atom. The van der Waals surface area contributed by atoms with Crippen molar-refractivity contribution in [3.05, 3.63) is 30.1 Å². The summed E-state index contributed by atoms with van der Waals surface area (Å²) < 4.78 is 6.43. The summed E-state index contributed by atoms with van der Waals surface area (Å²) >= 11 is 0. The highest BCUT2D eigenvalue weighted by Gasteiger charge is 2.56. The van der Waals surface area contributed by atoms with Gasteiger partial charge in [-0.25, -0.2) is 0 Å². The topological polar surface area (TPSA) is 45.7 Å². The molecule has 4 fully saturated rings. The number of carbonyl (C=O) groups excluding carboxylic acids is 1. The summed E-state index contributed by atoms with van der Waals surface area (Å²) in [6.45, 7) is 3.90. The summed E-state index contributed by atoms with van der Waals surface area (Å²) in [4.78, 5) is 21.6. The molecule has 2 saturated heterocycles. The molecule has 1 unspecified atom stereocenters. The smallest absolute Gasteiger partial charge is 0.226 e. The van der Waals surface area contributed by atoms with Crippen LogP contribution in [-0.4, -0.2) is 64.6 Å². The van der Waals surface area contributed by atoms with E-state index >= 15 is 0 Å². The van der Waals surface area contributed by atoms with Gasteiger partial charge in [-0.05, 0) is 62.1 Å². The molecule has 0 N–H and O–H groups in total. The van der Waals surface area contributed by atoms with Crippen molar-refractivity contribution in [2.45, 2.75) is 81.9 Å². The molecule has 0 bridgehead atoms. The lowest BCUT2D eigenvalue weighted by Crippen LogP contribution is -2.75. The fourth-order valence-electron chi connectivity index (χ4n) is 5.85. The lowest BCUT2D eigenvalue weighted by Gasteiger charge is -2.63. The molecule has 5 heteroatoms. The molecule has 1 spiro atoms. The molecular weight excluding hydrogens is 362 g/mol. The summed E-state index contributed by atoms with van der Waals surface area (Å²) in [6, 6.07) is 4.51. The zero-order valence-electron chi connectivity index (χ0n) is 17.6. The summed E-state index contributed by atoms with van der Waals surface area (Å²) in [7, 11) is 0. The summed E-state index contributed by atoms with van der Waals surface area (Å²) in [5.74, 6) is 1.11. The molecule has 1 atom stereocenters. The van der Waals surface area contributed by atoms with Gasteiger partial charge in [0.2, 0.25) is 5.91 Å². The van der Waals surface area contributed by atoms with E-state index in [1.807, 2.05) is 12.1 Å². The van der Waals surface area contributed by atoms with E-state index in [1.54, 1.807) is 12.4 Å². The number of ether oxygens (including phenoxy) is 1. The van der Waals surface area contributed by atoms with Gasteiger partial charge in [-0.1, -0.05) is 19.3 Å². The molecule has 5 rings (SSSR count). The fourth-order valence-corrected chi connectivity index (χ4v) is 5.85. The highest BCUT2D eigenvalue weighted by atomic mass is 16.5. The predicted molar refractivity (Wildman–Crippen MR) is 113 cm³/mol. The third kappa shape index (κ3) is 4.09. The predicted octanol–water partition coefficient (Wildman–Crippen LogP) is 3.43. The maximum absolute atomic E-state index is 12.7. The van der Waals surface area contributed by atoms with Gasteiger partial charge >= 0.3 is 0 Å². The van der Waals surface area contributed by atoms with Crippen LogP contribution in [0.15, 0.2) is 24.5 Å². The lowest BCUT2D eigenvalue weighted by molar-refractivity contribution is -0.203. The number of hydrogen-bond donors (Lipinski definition) is 0. The maximum atomic E-state index is 12.7. The van der Waals surface area contributed by atoms with Crippen LogP contribution in [0.25, 0.3) is 0 Å². The van der Waals surface area contributed by atoms with Crippen LogP contribution < -0.4 is 0 Å². The molecule has 1 aromatic rings. The van der Waals surface area contributed by atoms with Gasteiger partial charge < -0.3 is 9.64 Å². The molecule has 2 aliphatic heterocycles. The zero-order chi connectivity index (χ0) is 19.7. The average Bonchev–Trinajstić information content (AvgIpc) is 3.59. The van der Waals surface area contributed by atoms with Crippen molar-refractivity contribution in [3.63, 3.8) is 0 Å². The first-order valence-corrected chi connectivity index (χ1v) is 11.8. The Kier molecular flexibility index (Phi) is 5.61. The van der Waals surface area contributed by atoms with Crippen LogP contribution in [-0.2, 0) is 16.0 Å². The van der Waals surface area contributed by atoms with Gasteiger partial charge in [0, 0.05) is 50.2 Å². The lowest BCUT2D eigenvalue weighted by atomic mass is 9.69. The first kappa shape index (κ1) is 19.5. The minimum Gasteiger partial charge on any atom is -0.375 e. The molecule has 2 aliphatic carbocycles. The Morgan fingerprint density at radius 2 is 1.79 bits per heavy atom. The van der Waals surface area contributed by atoms with Crippen molar-refractivity contribution < 1.29 is 9.53 Å². The van der Waals surface area contributed by atoms with Crippen molar-refractivity contribution in [3.8, 4) is 0 Å². The second-order valence-corrected chi connectivity index (χ2v) is 9.73. The van der Waals surface area contributed by atoms with Gasteiger partial charge in [0.25, 0.3) is 0 Å². The van der Waals surface area contributed by atoms with Crippen LogP contribution in [0.1, 0.15) is 63.4 Å². The van der Waals surface area contributed by atoms with Crippen molar-refractivity contribution in [1.82, 2.24) is 14.8 Å². The van der Waals surface area contributed by atoms with Crippen molar-refractivity contribution in [2.75, 3.05) is 26.2 Å². The van der Waals surface area contributed by atoms with Crippen LogP contribution in [0, 0.1) is 5.92 Å². The Balaban J connectivity index is 1.16. The van der Waals surface area contributed by atoms with E-state index in [-0.39, 0.29) is 5.91 Å². The van der Waals surface area contributed by atoms with E-state index < -0.39 is 0 Å². The Bertz CT molecular complexity index is 691. The molecule has 4 aliphatic rings. The molecular formula is C24H35N3O2. The van der Waals surface area contributed by atoms with E-state index in [0.717, 1.165) is 50.6 Å². The molecule has 0 radical (unpaired) electrons. The molecule has 1 amide bonds. The minimum absolute atomic E-state index is 0.260. The number of rotatable bonds is 6. The molecule has 158 valence electrons. The van der Waals surface area contributed by atoms with Gasteiger partial charge in [0.15, 0.2) is 0 Å². The summed E-state index contributed by atoms with van der Waals surface area (Å²) in [5.41, 5.74) is 1.37. The molecule has 29 heavy (non-hydrogen) atoms. The first-order chi connectivity index (χ1) is 14.2. The number of likely N-dealkylation sites (tertiary alicyclic amines) is 2. The molecule has 3 heterocycles. The van der Waals surface area contributed by atoms with Crippen LogP contribution in [0.2, 0.25) is 0 Å². The number of carbonyl (C=O) groups is 1. The van der Waals surface area contributed by atoms with E-state index in [4.69, 9.17) is 4.74 Å². The summed E-state index contributed by atoms with van der Waals surface area (Å²) in [5, 5.41) is 0. The van der Waals surface area contributed by atoms with E-state index in [9.17, 15) is 4.79 Å². The summed E-state index contributed by atoms with van der Waals surface area (Å²) in [6.07, 6.45) is 16.1. The highest BCUT2D eigenvalue weighted by molar-refractivity contribution is 5.78. The SMILES string of the molecule is O=C(Cc1ccncc1)N1CCC(N2CC(OCC3CC3)C23CCCCC3)CC1. The van der Waals surface area contributed by atoms with Crippen LogP contribution in [0.3, 0.4) is 0 Å². The third-order valence-corrected chi connectivity index (χ3v) is 7.85. The number of piperidine rings is 1. The number of amides is 1. The molecule has 2 saturated carbocycles. The van der Waals surface area contributed by atoms with E-state index in [1.165, 1.54) is 44.9 Å². The minimum atomic E-state index is 0.260.